The fraction of sp³-hybridized carbons (Fsp3) is 0.143. The van der Waals surface area contributed by atoms with E-state index in [0.29, 0.717) is 11.3 Å². The van der Waals surface area contributed by atoms with Crippen molar-refractivity contribution in [1.29, 1.82) is 5.26 Å². The summed E-state index contributed by atoms with van der Waals surface area (Å²) in [4.78, 5) is 4.33. The van der Waals surface area contributed by atoms with Gasteiger partial charge < -0.3 is 0 Å². The SMILES string of the molecule is CN(C)S(=O)(=O)c1ccc(-c2ccc(C#N)c(Cl)n2)cc1. The number of sulfonamides is 1. The van der Waals surface area contributed by atoms with Gasteiger partial charge in [0.05, 0.1) is 16.2 Å². The standard InChI is InChI=1S/C14H12ClN3O2S/c1-18(2)21(19,20)12-6-3-10(4-7-12)13-8-5-11(9-16)14(15)17-13/h3-8H,1-2H3. The highest BCUT2D eigenvalue weighted by Gasteiger charge is 2.16. The van der Waals surface area contributed by atoms with Gasteiger partial charge in [-0.15, -0.1) is 0 Å². The highest BCUT2D eigenvalue weighted by Crippen LogP contribution is 2.23. The van der Waals surface area contributed by atoms with Gasteiger partial charge >= 0.3 is 0 Å². The Morgan fingerprint density at radius 3 is 2.24 bits per heavy atom. The van der Waals surface area contributed by atoms with Gasteiger partial charge in [-0.05, 0) is 24.3 Å². The Morgan fingerprint density at radius 1 is 1.14 bits per heavy atom. The van der Waals surface area contributed by atoms with Gasteiger partial charge in [0.2, 0.25) is 10.0 Å². The smallest absolute Gasteiger partial charge is 0.235 e. The number of halogens is 1. The van der Waals surface area contributed by atoms with Crippen LogP contribution in [-0.4, -0.2) is 31.8 Å². The number of nitriles is 1. The first-order valence-electron chi connectivity index (χ1n) is 5.96. The highest BCUT2D eigenvalue weighted by molar-refractivity contribution is 7.89. The molecule has 2 rings (SSSR count). The van der Waals surface area contributed by atoms with Crippen LogP contribution in [0.25, 0.3) is 11.3 Å². The molecule has 5 nitrogen and oxygen atoms in total. The largest absolute Gasteiger partial charge is 0.242 e. The van der Waals surface area contributed by atoms with Crippen LogP contribution in [0.2, 0.25) is 5.15 Å². The second-order valence-electron chi connectivity index (χ2n) is 4.46. The molecule has 0 bridgehead atoms. The van der Waals surface area contributed by atoms with Crippen molar-refractivity contribution in [1.82, 2.24) is 9.29 Å². The Kier molecular flexibility index (Phi) is 4.28. The van der Waals surface area contributed by atoms with Crippen LogP contribution in [0.3, 0.4) is 0 Å². The lowest BCUT2D eigenvalue weighted by molar-refractivity contribution is 0.521. The molecule has 0 amide bonds. The molecule has 0 spiro atoms. The van der Waals surface area contributed by atoms with E-state index in [0.717, 1.165) is 9.87 Å². The summed E-state index contributed by atoms with van der Waals surface area (Å²) in [7, 11) is -0.496. The molecule has 0 N–H and O–H groups in total. The predicted molar refractivity (Wildman–Crippen MR) is 80.3 cm³/mol. The Bertz CT molecular complexity index is 809. The number of benzene rings is 1. The third-order valence-electron chi connectivity index (χ3n) is 2.90. The fourth-order valence-electron chi connectivity index (χ4n) is 1.69. The number of nitrogens with zero attached hydrogens (tertiary/aromatic N) is 3. The van der Waals surface area contributed by atoms with E-state index in [-0.39, 0.29) is 10.0 Å². The number of pyridine rings is 1. The number of rotatable bonds is 3. The van der Waals surface area contributed by atoms with Crippen LogP contribution in [0.15, 0.2) is 41.3 Å². The Labute approximate surface area is 128 Å². The van der Waals surface area contributed by atoms with E-state index in [1.807, 2.05) is 6.07 Å². The van der Waals surface area contributed by atoms with Crippen molar-refractivity contribution >= 4 is 21.6 Å². The molecule has 7 heteroatoms. The molecule has 0 radical (unpaired) electrons. The molecule has 2 aromatic rings. The van der Waals surface area contributed by atoms with Crippen molar-refractivity contribution in [3.63, 3.8) is 0 Å². The van der Waals surface area contributed by atoms with Crippen molar-refractivity contribution in [3.8, 4) is 17.3 Å². The van der Waals surface area contributed by atoms with Gasteiger partial charge in [-0.3, -0.25) is 0 Å². The Morgan fingerprint density at radius 2 is 1.76 bits per heavy atom. The van der Waals surface area contributed by atoms with Crippen molar-refractivity contribution in [2.45, 2.75) is 4.90 Å². The third-order valence-corrected chi connectivity index (χ3v) is 5.02. The van der Waals surface area contributed by atoms with Crippen molar-refractivity contribution < 1.29 is 8.42 Å². The molecule has 0 atom stereocenters. The van der Waals surface area contributed by atoms with Crippen LogP contribution in [-0.2, 0) is 10.0 Å². The lowest BCUT2D eigenvalue weighted by atomic mass is 10.1. The molecular weight excluding hydrogens is 310 g/mol. The molecule has 0 aliphatic carbocycles. The number of hydrogen-bond acceptors (Lipinski definition) is 4. The van der Waals surface area contributed by atoms with E-state index in [1.165, 1.54) is 26.2 Å². The van der Waals surface area contributed by atoms with Crippen LogP contribution in [0, 0.1) is 11.3 Å². The topological polar surface area (TPSA) is 74.1 Å². The molecule has 0 saturated carbocycles. The Balaban J connectivity index is 2.41. The van der Waals surface area contributed by atoms with Gasteiger partial charge in [-0.25, -0.2) is 17.7 Å². The van der Waals surface area contributed by atoms with Crippen molar-refractivity contribution in [3.05, 3.63) is 47.1 Å². The predicted octanol–water partition coefficient (Wildman–Crippen LogP) is 2.52. The molecule has 1 aromatic heterocycles. The van der Waals surface area contributed by atoms with Gasteiger partial charge in [0, 0.05) is 19.7 Å². The van der Waals surface area contributed by atoms with E-state index in [2.05, 4.69) is 4.98 Å². The number of hydrogen-bond donors (Lipinski definition) is 0. The zero-order valence-corrected chi connectivity index (χ0v) is 13.0. The zero-order valence-electron chi connectivity index (χ0n) is 11.4. The minimum absolute atomic E-state index is 0.125. The normalized spacial score (nSPS) is 11.4. The highest BCUT2D eigenvalue weighted by atomic mass is 35.5. The molecule has 0 aliphatic heterocycles. The molecule has 0 saturated heterocycles. The maximum atomic E-state index is 12.0. The van der Waals surface area contributed by atoms with Crippen LogP contribution in [0.4, 0.5) is 0 Å². The average Bonchev–Trinajstić information content (AvgIpc) is 2.47. The fourth-order valence-corrected chi connectivity index (χ4v) is 2.78. The third kappa shape index (κ3) is 3.05. The molecule has 0 aliphatic rings. The van der Waals surface area contributed by atoms with E-state index < -0.39 is 10.0 Å². The number of aromatic nitrogens is 1. The van der Waals surface area contributed by atoms with Crippen molar-refractivity contribution in [2.75, 3.05) is 14.1 Å². The van der Waals surface area contributed by atoms with Crippen LogP contribution >= 0.6 is 11.6 Å². The maximum Gasteiger partial charge on any atom is 0.242 e. The lowest BCUT2D eigenvalue weighted by Gasteiger charge is -2.11. The summed E-state index contributed by atoms with van der Waals surface area (Å²) in [6.45, 7) is 0. The average molecular weight is 322 g/mol. The van der Waals surface area contributed by atoms with Gasteiger partial charge in [0.15, 0.2) is 0 Å². The Hall–Kier alpha value is -1.94. The van der Waals surface area contributed by atoms with Crippen molar-refractivity contribution in [2.24, 2.45) is 0 Å². The molecule has 0 unspecified atom stereocenters. The van der Waals surface area contributed by atoms with E-state index >= 15 is 0 Å². The summed E-state index contributed by atoms with van der Waals surface area (Å²) in [6.07, 6.45) is 0. The van der Waals surface area contributed by atoms with E-state index in [9.17, 15) is 8.42 Å². The van der Waals surface area contributed by atoms with E-state index in [4.69, 9.17) is 16.9 Å². The summed E-state index contributed by atoms with van der Waals surface area (Å²) in [5, 5.41) is 8.94. The molecule has 21 heavy (non-hydrogen) atoms. The summed E-state index contributed by atoms with van der Waals surface area (Å²) in [5.74, 6) is 0. The van der Waals surface area contributed by atoms with E-state index in [1.54, 1.807) is 24.3 Å². The summed E-state index contributed by atoms with van der Waals surface area (Å²) < 4.78 is 25.1. The summed E-state index contributed by atoms with van der Waals surface area (Å²) in [6, 6.07) is 11.5. The molecular formula is C14H12ClN3O2S. The van der Waals surface area contributed by atoms with Crippen LogP contribution in [0.1, 0.15) is 5.56 Å². The van der Waals surface area contributed by atoms with Crippen LogP contribution in [0.5, 0.6) is 0 Å². The zero-order chi connectivity index (χ0) is 15.6. The minimum Gasteiger partial charge on any atom is -0.235 e. The molecule has 1 heterocycles. The summed E-state index contributed by atoms with van der Waals surface area (Å²) >= 11 is 5.89. The summed E-state index contributed by atoms with van der Waals surface area (Å²) in [5.41, 5.74) is 1.60. The van der Waals surface area contributed by atoms with Gasteiger partial charge in [0.1, 0.15) is 11.2 Å². The molecule has 108 valence electrons. The first kappa shape index (κ1) is 15.4. The second-order valence-corrected chi connectivity index (χ2v) is 6.97. The molecule has 0 fully saturated rings. The van der Waals surface area contributed by atoms with Gasteiger partial charge in [-0.1, -0.05) is 23.7 Å². The van der Waals surface area contributed by atoms with Gasteiger partial charge in [-0.2, -0.15) is 5.26 Å². The second kappa shape index (κ2) is 5.82. The molecule has 1 aromatic carbocycles. The lowest BCUT2D eigenvalue weighted by Crippen LogP contribution is -2.22. The minimum atomic E-state index is -3.45. The van der Waals surface area contributed by atoms with Crippen LogP contribution < -0.4 is 0 Å². The first-order chi connectivity index (χ1) is 9.86. The quantitative estimate of drug-likeness (QED) is 0.814. The van der Waals surface area contributed by atoms with Gasteiger partial charge in [0.25, 0.3) is 0 Å². The first-order valence-corrected chi connectivity index (χ1v) is 7.77. The monoisotopic (exact) mass is 321 g/mol. The maximum absolute atomic E-state index is 12.0.